The third-order valence-electron chi connectivity index (χ3n) is 3.92. The first kappa shape index (κ1) is 17.4. The average molecular weight is 350 g/mol. The van der Waals surface area contributed by atoms with E-state index in [4.69, 9.17) is 0 Å². The normalized spacial score (nSPS) is 19.3. The molecule has 1 aliphatic heterocycles. The van der Waals surface area contributed by atoms with Gasteiger partial charge in [0.2, 0.25) is 20.0 Å². The quantitative estimate of drug-likeness (QED) is 0.746. The summed E-state index contributed by atoms with van der Waals surface area (Å²) in [5.74, 6) is 0. The second-order valence-corrected chi connectivity index (χ2v) is 9.40. The zero-order valence-electron chi connectivity index (χ0n) is 13.3. The molecule has 1 aromatic heterocycles. The third kappa shape index (κ3) is 3.19. The van der Waals surface area contributed by atoms with Crippen LogP contribution in [0.15, 0.2) is 4.90 Å². The Hall–Kier alpha value is -0.970. The molecule has 1 aliphatic rings. The summed E-state index contributed by atoms with van der Waals surface area (Å²) < 4.78 is 53.2. The van der Waals surface area contributed by atoms with Gasteiger partial charge in [-0.15, -0.1) is 0 Å². The highest BCUT2D eigenvalue weighted by molar-refractivity contribution is 7.89. The molecule has 1 saturated heterocycles. The van der Waals surface area contributed by atoms with Gasteiger partial charge in [0.15, 0.2) is 0 Å². The van der Waals surface area contributed by atoms with Gasteiger partial charge in [-0.05, 0) is 20.3 Å². The maximum Gasteiger partial charge on any atom is 0.246 e. The van der Waals surface area contributed by atoms with Gasteiger partial charge in [0, 0.05) is 33.2 Å². The molecule has 0 aliphatic carbocycles. The van der Waals surface area contributed by atoms with Crippen LogP contribution in [-0.2, 0) is 27.1 Å². The lowest BCUT2D eigenvalue weighted by molar-refractivity contribution is 0.406. The maximum absolute atomic E-state index is 12.9. The summed E-state index contributed by atoms with van der Waals surface area (Å²) in [5, 5.41) is 4.15. The number of aromatic nitrogens is 2. The van der Waals surface area contributed by atoms with Crippen molar-refractivity contribution in [3.05, 3.63) is 11.4 Å². The lowest BCUT2D eigenvalue weighted by Crippen LogP contribution is -2.37. The Labute approximate surface area is 131 Å². The summed E-state index contributed by atoms with van der Waals surface area (Å²) in [6, 6.07) is 0. The van der Waals surface area contributed by atoms with Gasteiger partial charge in [-0.25, -0.2) is 21.1 Å². The molecule has 0 spiro atoms. The number of hydrogen-bond acceptors (Lipinski definition) is 5. The predicted octanol–water partition coefficient (Wildman–Crippen LogP) is -0.307. The van der Waals surface area contributed by atoms with Crippen molar-refractivity contribution in [3.63, 3.8) is 0 Å². The molecule has 0 unspecified atom stereocenters. The minimum Gasteiger partial charge on any atom is -0.271 e. The van der Waals surface area contributed by atoms with E-state index in [0.717, 1.165) is 6.26 Å². The third-order valence-corrected chi connectivity index (χ3v) is 7.38. The van der Waals surface area contributed by atoms with Gasteiger partial charge in [0.05, 0.1) is 17.6 Å². The van der Waals surface area contributed by atoms with Gasteiger partial charge in [-0.1, -0.05) is 0 Å². The second-order valence-electron chi connectivity index (χ2n) is 5.54. The Bertz CT molecular complexity index is 767. The molecule has 0 radical (unpaired) electrons. The monoisotopic (exact) mass is 350 g/mol. The second kappa shape index (κ2) is 5.91. The summed E-state index contributed by atoms with van der Waals surface area (Å²) in [6.45, 7) is 4.37. The fourth-order valence-corrected chi connectivity index (χ4v) is 5.44. The summed E-state index contributed by atoms with van der Waals surface area (Å²) in [7, 11) is -5.26. The van der Waals surface area contributed by atoms with Crippen LogP contribution in [0.4, 0.5) is 0 Å². The Morgan fingerprint density at radius 3 is 2.00 bits per heavy atom. The molecule has 2 heterocycles. The number of hydrogen-bond donors (Lipinski definition) is 0. The van der Waals surface area contributed by atoms with Gasteiger partial charge in [-0.2, -0.15) is 9.40 Å². The molecule has 0 saturated carbocycles. The average Bonchev–Trinajstić information content (AvgIpc) is 2.58. The summed E-state index contributed by atoms with van der Waals surface area (Å²) >= 11 is 0. The molecule has 0 aromatic carbocycles. The lowest BCUT2D eigenvalue weighted by atomic mass is 10.4. The molecule has 1 aromatic rings. The fraction of sp³-hybridized carbons (Fsp3) is 0.750. The van der Waals surface area contributed by atoms with Crippen molar-refractivity contribution >= 4 is 20.0 Å². The van der Waals surface area contributed by atoms with Crippen molar-refractivity contribution in [2.45, 2.75) is 25.2 Å². The van der Waals surface area contributed by atoms with Crippen molar-refractivity contribution < 1.29 is 16.8 Å². The number of rotatable bonds is 3. The molecular weight excluding hydrogens is 328 g/mol. The van der Waals surface area contributed by atoms with Gasteiger partial charge in [-0.3, -0.25) is 4.68 Å². The molecule has 22 heavy (non-hydrogen) atoms. The van der Waals surface area contributed by atoms with Crippen LogP contribution in [0.3, 0.4) is 0 Å². The van der Waals surface area contributed by atoms with Crippen molar-refractivity contribution in [3.8, 4) is 0 Å². The van der Waals surface area contributed by atoms with Crippen molar-refractivity contribution in [2.24, 2.45) is 7.05 Å². The van der Waals surface area contributed by atoms with E-state index >= 15 is 0 Å². The van der Waals surface area contributed by atoms with Crippen LogP contribution in [-0.4, -0.2) is 67.7 Å². The number of aryl methyl sites for hydroxylation is 2. The fourth-order valence-electron chi connectivity index (χ4n) is 2.70. The van der Waals surface area contributed by atoms with E-state index in [1.54, 1.807) is 25.6 Å². The Morgan fingerprint density at radius 1 is 0.955 bits per heavy atom. The molecule has 1 fully saturated rings. The van der Waals surface area contributed by atoms with E-state index in [9.17, 15) is 16.8 Å². The molecule has 0 amide bonds. The van der Waals surface area contributed by atoms with Crippen molar-refractivity contribution in [1.29, 1.82) is 0 Å². The number of sulfonamides is 2. The SMILES string of the molecule is Cc1nn(C)c(C)c1S(=O)(=O)N1CCCN(S(C)(=O)=O)CC1. The minimum absolute atomic E-state index is 0.156. The summed E-state index contributed by atoms with van der Waals surface area (Å²) in [5.41, 5.74) is 1.05. The van der Waals surface area contributed by atoms with Crippen LogP contribution < -0.4 is 0 Å². The molecule has 0 atom stereocenters. The van der Waals surface area contributed by atoms with Crippen LogP contribution in [0.5, 0.6) is 0 Å². The standard InChI is InChI=1S/C12H22N4O4S2/c1-10-12(11(2)14(3)13-10)22(19,20)16-7-5-6-15(8-9-16)21(4,17)18/h5-9H2,1-4H3. The highest BCUT2D eigenvalue weighted by Crippen LogP contribution is 2.24. The largest absolute Gasteiger partial charge is 0.271 e. The predicted molar refractivity (Wildman–Crippen MR) is 82.5 cm³/mol. The van der Waals surface area contributed by atoms with Crippen LogP contribution >= 0.6 is 0 Å². The van der Waals surface area contributed by atoms with Crippen LogP contribution in [0.2, 0.25) is 0 Å². The van der Waals surface area contributed by atoms with E-state index in [0.29, 0.717) is 30.9 Å². The molecular formula is C12H22N4O4S2. The molecule has 2 rings (SSSR count). The zero-order valence-corrected chi connectivity index (χ0v) is 14.9. The van der Waals surface area contributed by atoms with E-state index in [1.165, 1.54) is 8.61 Å². The topological polar surface area (TPSA) is 92.6 Å². The maximum atomic E-state index is 12.9. The molecule has 0 bridgehead atoms. The van der Waals surface area contributed by atoms with Crippen molar-refractivity contribution in [1.82, 2.24) is 18.4 Å². The first-order valence-corrected chi connectivity index (χ1v) is 10.3. The Morgan fingerprint density at radius 2 is 1.50 bits per heavy atom. The minimum atomic E-state index is -3.67. The molecule has 0 N–H and O–H groups in total. The van der Waals surface area contributed by atoms with Gasteiger partial charge < -0.3 is 0 Å². The van der Waals surface area contributed by atoms with Gasteiger partial charge >= 0.3 is 0 Å². The first-order valence-electron chi connectivity index (χ1n) is 7.00. The van der Waals surface area contributed by atoms with E-state index in [1.807, 2.05) is 0 Å². The highest BCUT2D eigenvalue weighted by Gasteiger charge is 2.33. The molecule has 10 heteroatoms. The Kier molecular flexibility index (Phi) is 4.67. The summed E-state index contributed by atoms with van der Waals surface area (Å²) in [6.07, 6.45) is 1.62. The van der Waals surface area contributed by atoms with Crippen LogP contribution in [0.25, 0.3) is 0 Å². The molecule has 126 valence electrons. The van der Waals surface area contributed by atoms with E-state index in [-0.39, 0.29) is 18.0 Å². The lowest BCUT2D eigenvalue weighted by Gasteiger charge is -2.20. The van der Waals surface area contributed by atoms with Crippen LogP contribution in [0, 0.1) is 13.8 Å². The van der Waals surface area contributed by atoms with Gasteiger partial charge in [0.25, 0.3) is 0 Å². The Balaban J connectivity index is 2.31. The number of nitrogens with zero attached hydrogens (tertiary/aromatic N) is 4. The highest BCUT2D eigenvalue weighted by atomic mass is 32.2. The zero-order chi connectivity index (χ0) is 16.7. The van der Waals surface area contributed by atoms with E-state index in [2.05, 4.69) is 5.10 Å². The van der Waals surface area contributed by atoms with Gasteiger partial charge in [0.1, 0.15) is 4.90 Å². The smallest absolute Gasteiger partial charge is 0.246 e. The van der Waals surface area contributed by atoms with Crippen LogP contribution in [0.1, 0.15) is 17.8 Å². The first-order chi connectivity index (χ1) is 10.0. The van der Waals surface area contributed by atoms with E-state index < -0.39 is 20.0 Å². The summed E-state index contributed by atoms with van der Waals surface area (Å²) in [4.78, 5) is 0.225. The molecule has 8 nitrogen and oxygen atoms in total. The van der Waals surface area contributed by atoms with Crippen molar-refractivity contribution in [2.75, 3.05) is 32.4 Å².